The van der Waals surface area contributed by atoms with Crippen LogP contribution in [0.1, 0.15) is 25.3 Å². The van der Waals surface area contributed by atoms with Crippen LogP contribution in [0, 0.1) is 16.0 Å². The van der Waals surface area contributed by atoms with Gasteiger partial charge < -0.3 is 9.64 Å². The van der Waals surface area contributed by atoms with Crippen LogP contribution in [0.4, 0.5) is 24.5 Å². The molecule has 1 aromatic rings. The fourth-order valence-corrected chi connectivity index (χ4v) is 2.73. The lowest BCUT2D eigenvalue weighted by Crippen LogP contribution is -2.37. The molecule has 132 valence electrons. The van der Waals surface area contributed by atoms with Gasteiger partial charge in [0.25, 0.3) is 5.69 Å². The van der Waals surface area contributed by atoms with Gasteiger partial charge in [-0.2, -0.15) is 13.2 Å². The highest BCUT2D eigenvalue weighted by atomic mass is 19.4. The zero-order valence-electron chi connectivity index (χ0n) is 13.0. The van der Waals surface area contributed by atoms with Crippen LogP contribution in [-0.2, 0) is 15.7 Å². The summed E-state index contributed by atoms with van der Waals surface area (Å²) in [6.45, 7) is 2.67. The van der Waals surface area contributed by atoms with Gasteiger partial charge in [0.15, 0.2) is 0 Å². The summed E-state index contributed by atoms with van der Waals surface area (Å²) < 4.78 is 43.1. The Morgan fingerprint density at radius 1 is 1.38 bits per heavy atom. The first-order chi connectivity index (χ1) is 11.2. The lowest BCUT2D eigenvalue weighted by molar-refractivity contribution is -0.384. The molecule has 0 aromatic heterocycles. The van der Waals surface area contributed by atoms with Crippen LogP contribution >= 0.6 is 0 Å². The fraction of sp³-hybridized carbons (Fsp3) is 0.533. The topological polar surface area (TPSA) is 72.7 Å². The molecule has 9 heteroatoms. The average molecular weight is 346 g/mol. The lowest BCUT2D eigenvalue weighted by atomic mass is 9.96. The number of nitrogens with zero attached hydrogens (tertiary/aromatic N) is 2. The minimum atomic E-state index is -4.64. The van der Waals surface area contributed by atoms with Crippen LogP contribution in [0.25, 0.3) is 0 Å². The Morgan fingerprint density at radius 3 is 2.50 bits per heavy atom. The lowest BCUT2D eigenvalue weighted by Gasteiger charge is -2.32. The van der Waals surface area contributed by atoms with Crippen LogP contribution in [0.5, 0.6) is 0 Å². The molecular formula is C15H17F3N2O4. The summed E-state index contributed by atoms with van der Waals surface area (Å²) in [7, 11) is 0. The number of carbonyl (C=O) groups is 1. The number of piperidine rings is 1. The molecule has 1 fully saturated rings. The molecule has 0 bridgehead atoms. The van der Waals surface area contributed by atoms with Crippen molar-refractivity contribution in [2.24, 2.45) is 5.92 Å². The van der Waals surface area contributed by atoms with Gasteiger partial charge in [0, 0.05) is 19.2 Å². The van der Waals surface area contributed by atoms with Crippen molar-refractivity contribution in [1.82, 2.24) is 0 Å². The monoisotopic (exact) mass is 346 g/mol. The molecule has 0 unspecified atom stereocenters. The van der Waals surface area contributed by atoms with Crippen molar-refractivity contribution in [1.29, 1.82) is 0 Å². The second-order valence-electron chi connectivity index (χ2n) is 5.47. The van der Waals surface area contributed by atoms with Crippen LogP contribution in [-0.4, -0.2) is 30.6 Å². The predicted octanol–water partition coefficient (Wildman–Crippen LogP) is 3.39. The molecule has 1 aliphatic heterocycles. The molecule has 1 saturated heterocycles. The maximum Gasteiger partial charge on any atom is 0.416 e. The summed E-state index contributed by atoms with van der Waals surface area (Å²) in [6.07, 6.45) is -3.76. The van der Waals surface area contributed by atoms with Gasteiger partial charge in [-0.1, -0.05) is 0 Å². The number of carbonyl (C=O) groups excluding carboxylic acids is 1. The van der Waals surface area contributed by atoms with Crippen molar-refractivity contribution < 1.29 is 27.6 Å². The van der Waals surface area contributed by atoms with E-state index in [1.165, 1.54) is 0 Å². The largest absolute Gasteiger partial charge is 0.466 e. The van der Waals surface area contributed by atoms with E-state index in [0.717, 1.165) is 12.1 Å². The highest BCUT2D eigenvalue weighted by molar-refractivity contribution is 5.73. The number of anilines is 1. The fourth-order valence-electron chi connectivity index (χ4n) is 2.73. The Morgan fingerprint density at radius 2 is 2.00 bits per heavy atom. The number of rotatable bonds is 4. The van der Waals surface area contributed by atoms with Crippen molar-refractivity contribution >= 4 is 17.3 Å². The average Bonchev–Trinajstić information content (AvgIpc) is 2.53. The van der Waals surface area contributed by atoms with E-state index in [1.54, 1.807) is 11.8 Å². The maximum absolute atomic E-state index is 12.7. The molecule has 6 nitrogen and oxygen atoms in total. The highest BCUT2D eigenvalue weighted by Crippen LogP contribution is 2.37. The third-order valence-electron chi connectivity index (χ3n) is 3.96. The number of alkyl halides is 3. The molecule has 0 saturated carbocycles. The van der Waals surface area contributed by atoms with E-state index in [2.05, 4.69) is 0 Å². The molecule has 0 radical (unpaired) electrons. The molecule has 0 amide bonds. The van der Waals surface area contributed by atoms with Crippen LogP contribution in [0.15, 0.2) is 18.2 Å². The van der Waals surface area contributed by atoms with Gasteiger partial charge in [-0.05, 0) is 31.9 Å². The molecule has 2 rings (SSSR count). The van der Waals surface area contributed by atoms with Crippen molar-refractivity contribution in [2.45, 2.75) is 25.9 Å². The molecule has 0 spiro atoms. The van der Waals surface area contributed by atoms with Crippen molar-refractivity contribution in [3.05, 3.63) is 33.9 Å². The van der Waals surface area contributed by atoms with Crippen LogP contribution < -0.4 is 4.90 Å². The summed E-state index contributed by atoms with van der Waals surface area (Å²) >= 11 is 0. The predicted molar refractivity (Wildman–Crippen MR) is 79.7 cm³/mol. The van der Waals surface area contributed by atoms with Gasteiger partial charge in [-0.25, -0.2) is 0 Å². The highest BCUT2D eigenvalue weighted by Gasteiger charge is 2.35. The van der Waals surface area contributed by atoms with E-state index < -0.39 is 22.4 Å². The molecule has 24 heavy (non-hydrogen) atoms. The van der Waals surface area contributed by atoms with E-state index in [9.17, 15) is 28.1 Å². The van der Waals surface area contributed by atoms with Crippen molar-refractivity contribution in [3.8, 4) is 0 Å². The summed E-state index contributed by atoms with van der Waals surface area (Å²) in [4.78, 5) is 23.7. The van der Waals surface area contributed by atoms with Gasteiger partial charge in [0.2, 0.25) is 0 Å². The van der Waals surface area contributed by atoms with Crippen molar-refractivity contribution in [2.75, 3.05) is 24.6 Å². The van der Waals surface area contributed by atoms with E-state index in [4.69, 9.17) is 4.74 Å². The first-order valence-corrected chi connectivity index (χ1v) is 7.51. The van der Waals surface area contributed by atoms with Gasteiger partial charge in [0.1, 0.15) is 5.69 Å². The quantitative estimate of drug-likeness (QED) is 0.475. The second-order valence-corrected chi connectivity index (χ2v) is 5.47. The standard InChI is InChI=1S/C15H17F3N2O4/c1-2-24-14(21)10-5-7-19(8-6-10)12-4-3-11(15(16,17)18)9-13(12)20(22)23/h3-4,9-10H,2,5-8H2,1H3. The number of hydrogen-bond acceptors (Lipinski definition) is 5. The van der Waals surface area contributed by atoms with E-state index >= 15 is 0 Å². The summed E-state index contributed by atoms with van der Waals surface area (Å²) in [5, 5.41) is 11.1. The maximum atomic E-state index is 12.7. The zero-order valence-corrected chi connectivity index (χ0v) is 13.0. The third-order valence-corrected chi connectivity index (χ3v) is 3.96. The molecule has 0 aliphatic carbocycles. The summed E-state index contributed by atoms with van der Waals surface area (Å²) in [6, 6.07) is 2.50. The van der Waals surface area contributed by atoms with Gasteiger partial charge in [0.05, 0.1) is 23.0 Å². The number of esters is 1. The molecule has 1 aliphatic rings. The molecule has 1 aromatic carbocycles. The van der Waals surface area contributed by atoms with Gasteiger partial charge in [-0.3, -0.25) is 14.9 Å². The zero-order chi connectivity index (χ0) is 17.9. The van der Waals surface area contributed by atoms with E-state index in [0.29, 0.717) is 32.0 Å². The Hall–Kier alpha value is -2.32. The van der Waals surface area contributed by atoms with Crippen LogP contribution in [0.2, 0.25) is 0 Å². The first-order valence-electron chi connectivity index (χ1n) is 7.51. The number of nitro benzene ring substituents is 1. The number of ether oxygens (including phenoxy) is 1. The normalized spacial score (nSPS) is 16.1. The Kier molecular flexibility index (Phi) is 5.30. The SMILES string of the molecule is CCOC(=O)C1CCN(c2ccc(C(F)(F)F)cc2[N+](=O)[O-])CC1. The number of hydrogen-bond donors (Lipinski definition) is 0. The van der Waals surface area contributed by atoms with Crippen LogP contribution in [0.3, 0.4) is 0 Å². The Labute approximate surface area is 136 Å². The molecule has 0 N–H and O–H groups in total. The van der Waals surface area contributed by atoms with Gasteiger partial charge >= 0.3 is 12.1 Å². The second kappa shape index (κ2) is 7.06. The number of halogens is 3. The van der Waals surface area contributed by atoms with E-state index in [1.807, 2.05) is 0 Å². The third kappa shape index (κ3) is 3.95. The summed E-state index contributed by atoms with van der Waals surface area (Å²) in [5.41, 5.74) is -1.51. The van der Waals surface area contributed by atoms with Crippen molar-refractivity contribution in [3.63, 3.8) is 0 Å². The first kappa shape index (κ1) is 18.0. The Bertz CT molecular complexity index is 626. The molecular weight excluding hydrogens is 329 g/mol. The molecule has 1 heterocycles. The smallest absolute Gasteiger partial charge is 0.416 e. The van der Waals surface area contributed by atoms with E-state index in [-0.39, 0.29) is 24.2 Å². The summed E-state index contributed by atoms with van der Waals surface area (Å²) in [5.74, 6) is -0.589. The Balaban J connectivity index is 2.18. The number of benzene rings is 1. The van der Waals surface area contributed by atoms with Gasteiger partial charge in [-0.15, -0.1) is 0 Å². The number of nitro groups is 1. The minimum Gasteiger partial charge on any atom is -0.466 e. The molecule has 0 atom stereocenters. The minimum absolute atomic E-state index is 0.135.